The van der Waals surface area contributed by atoms with Crippen LogP contribution >= 0.6 is 11.3 Å². The van der Waals surface area contributed by atoms with E-state index >= 15 is 0 Å². The fraction of sp³-hybridized carbons (Fsp3) is 0.105. The molecule has 0 atom stereocenters. The molecule has 0 bridgehead atoms. The Balaban J connectivity index is 2.15. The molecule has 0 aliphatic heterocycles. The fourth-order valence-corrected chi connectivity index (χ4v) is 3.25. The molecule has 1 aromatic heterocycles. The van der Waals surface area contributed by atoms with Crippen LogP contribution in [0.15, 0.2) is 65.0 Å². The minimum absolute atomic E-state index is 0.136. The summed E-state index contributed by atoms with van der Waals surface area (Å²) in [5, 5.41) is 0. The molecule has 126 valence electrons. The van der Waals surface area contributed by atoms with Gasteiger partial charge in [0.1, 0.15) is 5.57 Å². The van der Waals surface area contributed by atoms with Gasteiger partial charge < -0.3 is 4.74 Å². The zero-order valence-corrected chi connectivity index (χ0v) is 14.3. The number of carbonyl (C=O) groups is 2. The maximum atomic E-state index is 12.8. The number of hydrogen-bond donors (Lipinski definition) is 0. The summed E-state index contributed by atoms with van der Waals surface area (Å²) in [7, 11) is 0. The highest BCUT2D eigenvalue weighted by Gasteiger charge is 2.22. The molecule has 0 unspecified atom stereocenters. The molecule has 1 heterocycles. The third-order valence-corrected chi connectivity index (χ3v) is 4.49. The first-order chi connectivity index (χ1) is 12.1. The van der Waals surface area contributed by atoms with Crippen LogP contribution in [0.4, 0.5) is 0 Å². The van der Waals surface area contributed by atoms with Gasteiger partial charge in [-0.25, -0.2) is 4.79 Å². The summed E-state index contributed by atoms with van der Waals surface area (Å²) in [6.45, 7) is 1.80. The smallest absolute Gasteiger partial charge is 0.343 e. The van der Waals surface area contributed by atoms with Gasteiger partial charge in [-0.3, -0.25) is 14.2 Å². The molecular formula is C19H15NO4S. The minimum atomic E-state index is -0.751. The maximum absolute atomic E-state index is 12.8. The Morgan fingerprint density at radius 3 is 2.48 bits per heavy atom. The van der Waals surface area contributed by atoms with Crippen molar-refractivity contribution in [2.45, 2.75) is 6.92 Å². The summed E-state index contributed by atoms with van der Waals surface area (Å²) in [6.07, 6.45) is 1.27. The van der Waals surface area contributed by atoms with Crippen LogP contribution in [-0.2, 0) is 9.53 Å². The summed E-state index contributed by atoms with van der Waals surface area (Å²) in [4.78, 5) is 37.1. The number of carbonyl (C=O) groups excluding carboxylic acids is 2. The number of rotatable bonds is 5. The van der Waals surface area contributed by atoms with E-state index in [4.69, 9.17) is 4.74 Å². The highest BCUT2D eigenvalue weighted by Crippen LogP contribution is 2.19. The van der Waals surface area contributed by atoms with Crippen molar-refractivity contribution in [1.82, 2.24) is 4.57 Å². The molecule has 0 amide bonds. The topological polar surface area (TPSA) is 65.4 Å². The second-order valence-corrected chi connectivity index (χ2v) is 6.16. The number of para-hydroxylation sites is 1. The summed E-state index contributed by atoms with van der Waals surface area (Å²) in [6, 6.07) is 15.6. The average Bonchev–Trinajstić information content (AvgIpc) is 2.95. The van der Waals surface area contributed by atoms with Crippen LogP contribution in [0.2, 0.25) is 0 Å². The first kappa shape index (κ1) is 16.9. The van der Waals surface area contributed by atoms with Gasteiger partial charge in [0.25, 0.3) is 0 Å². The number of esters is 1. The van der Waals surface area contributed by atoms with E-state index in [2.05, 4.69) is 0 Å². The first-order valence-corrected chi connectivity index (χ1v) is 8.52. The lowest BCUT2D eigenvalue weighted by Crippen LogP contribution is -2.19. The van der Waals surface area contributed by atoms with Crippen LogP contribution in [-0.4, -0.2) is 22.9 Å². The number of ketones is 1. The van der Waals surface area contributed by atoms with Gasteiger partial charge in [-0.15, -0.1) is 0 Å². The molecule has 3 aromatic rings. The Bertz CT molecular complexity index is 1010. The van der Waals surface area contributed by atoms with Crippen LogP contribution < -0.4 is 4.87 Å². The number of fused-ring (bicyclic) bond motifs is 1. The number of aromatic nitrogens is 1. The van der Waals surface area contributed by atoms with Crippen LogP contribution in [0.3, 0.4) is 0 Å². The van der Waals surface area contributed by atoms with Gasteiger partial charge in [0.2, 0.25) is 5.78 Å². The zero-order chi connectivity index (χ0) is 17.8. The molecular weight excluding hydrogens is 338 g/mol. The van der Waals surface area contributed by atoms with E-state index in [0.717, 1.165) is 16.0 Å². The van der Waals surface area contributed by atoms with E-state index < -0.39 is 11.8 Å². The van der Waals surface area contributed by atoms with Crippen LogP contribution in [0.5, 0.6) is 0 Å². The van der Waals surface area contributed by atoms with Crippen molar-refractivity contribution < 1.29 is 14.3 Å². The van der Waals surface area contributed by atoms with E-state index in [1.54, 1.807) is 49.4 Å². The van der Waals surface area contributed by atoms with Gasteiger partial charge >= 0.3 is 10.8 Å². The zero-order valence-electron chi connectivity index (χ0n) is 13.5. The molecule has 0 saturated carbocycles. The Kier molecular flexibility index (Phi) is 4.90. The molecule has 0 saturated heterocycles. The lowest BCUT2D eigenvalue weighted by molar-refractivity contribution is -0.137. The molecule has 0 aliphatic rings. The molecule has 0 spiro atoms. The molecule has 5 nitrogen and oxygen atoms in total. The Labute approximate surface area is 147 Å². The van der Waals surface area contributed by atoms with Crippen molar-refractivity contribution in [3.63, 3.8) is 0 Å². The Morgan fingerprint density at radius 1 is 1.08 bits per heavy atom. The summed E-state index contributed by atoms with van der Waals surface area (Å²) in [5.41, 5.74) is 0.813. The van der Waals surface area contributed by atoms with Crippen molar-refractivity contribution in [1.29, 1.82) is 0 Å². The Morgan fingerprint density at radius 2 is 1.76 bits per heavy atom. The SMILES string of the molecule is CCOC(=O)/C(=C\n1c(=O)sc2ccccc21)C(=O)c1ccccc1. The highest BCUT2D eigenvalue weighted by molar-refractivity contribution is 7.16. The van der Waals surface area contributed by atoms with E-state index in [1.807, 2.05) is 12.1 Å². The van der Waals surface area contributed by atoms with E-state index in [0.29, 0.717) is 11.1 Å². The van der Waals surface area contributed by atoms with Crippen molar-refractivity contribution in [2.75, 3.05) is 6.61 Å². The predicted octanol–water partition coefficient (Wildman–Crippen LogP) is 3.35. The summed E-state index contributed by atoms with van der Waals surface area (Å²) in [5.74, 6) is -1.24. The standard InChI is InChI=1S/C19H15NO4S/c1-2-24-18(22)14(17(21)13-8-4-3-5-9-13)12-20-15-10-6-7-11-16(15)25-19(20)23/h3-12H,2H2,1H3/b14-12-. The highest BCUT2D eigenvalue weighted by atomic mass is 32.1. The molecule has 3 rings (SSSR count). The normalized spacial score (nSPS) is 11.5. The molecule has 6 heteroatoms. The molecule has 2 aromatic carbocycles. The van der Waals surface area contributed by atoms with Gasteiger partial charge in [0.15, 0.2) is 0 Å². The summed E-state index contributed by atoms with van der Waals surface area (Å²) >= 11 is 1.05. The van der Waals surface area contributed by atoms with E-state index in [9.17, 15) is 14.4 Å². The van der Waals surface area contributed by atoms with Crippen molar-refractivity contribution in [3.8, 4) is 0 Å². The third-order valence-electron chi connectivity index (χ3n) is 3.55. The molecule has 0 aliphatic carbocycles. The number of thiazole rings is 1. The molecule has 0 radical (unpaired) electrons. The number of hydrogen-bond acceptors (Lipinski definition) is 5. The van der Waals surface area contributed by atoms with Gasteiger partial charge in [-0.1, -0.05) is 53.8 Å². The second-order valence-electron chi connectivity index (χ2n) is 5.16. The third kappa shape index (κ3) is 3.44. The first-order valence-electron chi connectivity index (χ1n) is 7.70. The van der Waals surface area contributed by atoms with E-state index in [-0.39, 0.29) is 17.1 Å². The lowest BCUT2D eigenvalue weighted by atomic mass is 10.0. The van der Waals surface area contributed by atoms with Crippen LogP contribution in [0.25, 0.3) is 16.4 Å². The van der Waals surface area contributed by atoms with E-state index in [1.165, 1.54) is 10.8 Å². The van der Waals surface area contributed by atoms with Crippen molar-refractivity contribution in [2.24, 2.45) is 0 Å². The minimum Gasteiger partial charge on any atom is -0.462 e. The monoisotopic (exact) mass is 353 g/mol. The number of benzene rings is 2. The largest absolute Gasteiger partial charge is 0.462 e. The molecule has 25 heavy (non-hydrogen) atoms. The van der Waals surface area contributed by atoms with Gasteiger partial charge in [0.05, 0.1) is 16.8 Å². The molecule has 0 N–H and O–H groups in total. The Hall–Kier alpha value is -2.99. The quantitative estimate of drug-likeness (QED) is 0.232. The summed E-state index contributed by atoms with van der Waals surface area (Å²) < 4.78 is 7.10. The molecule has 0 fully saturated rings. The van der Waals surface area contributed by atoms with Crippen LogP contribution in [0, 0.1) is 0 Å². The van der Waals surface area contributed by atoms with Crippen LogP contribution in [0.1, 0.15) is 17.3 Å². The second kappa shape index (κ2) is 7.27. The number of Topliss-reactive ketones (excluding diaryl/α,β-unsaturated/α-hetero) is 1. The number of ether oxygens (including phenoxy) is 1. The van der Waals surface area contributed by atoms with Gasteiger partial charge in [-0.05, 0) is 19.1 Å². The maximum Gasteiger partial charge on any atom is 0.343 e. The van der Waals surface area contributed by atoms with Gasteiger partial charge in [-0.2, -0.15) is 0 Å². The fourth-order valence-electron chi connectivity index (χ4n) is 2.39. The lowest BCUT2D eigenvalue weighted by Gasteiger charge is -2.07. The van der Waals surface area contributed by atoms with Crippen molar-refractivity contribution >= 4 is 39.5 Å². The number of nitrogens with zero attached hydrogens (tertiary/aromatic N) is 1. The predicted molar refractivity (Wildman–Crippen MR) is 97.8 cm³/mol. The average molecular weight is 353 g/mol. The van der Waals surface area contributed by atoms with Gasteiger partial charge in [0, 0.05) is 11.8 Å². The van der Waals surface area contributed by atoms with Crippen molar-refractivity contribution in [3.05, 3.63) is 75.4 Å².